The van der Waals surface area contributed by atoms with E-state index in [1.807, 2.05) is 0 Å². The van der Waals surface area contributed by atoms with Crippen LogP contribution in [0.1, 0.15) is 26.2 Å². The minimum Gasteiger partial charge on any atom is -0.286 e. The van der Waals surface area contributed by atoms with Gasteiger partial charge in [0.1, 0.15) is 0 Å². The lowest BCUT2D eigenvalue weighted by molar-refractivity contribution is 0.302. The normalized spacial score (nSPS) is 44.7. The van der Waals surface area contributed by atoms with Gasteiger partial charge in [0.05, 0.1) is 12.1 Å². The van der Waals surface area contributed by atoms with Crippen LogP contribution in [0.3, 0.4) is 0 Å². The molecule has 2 aliphatic rings. The maximum atomic E-state index is 4.11. The molecule has 0 aromatic rings. The van der Waals surface area contributed by atoms with E-state index < -0.39 is 0 Å². The largest absolute Gasteiger partial charge is 0.286 e. The summed E-state index contributed by atoms with van der Waals surface area (Å²) in [4.78, 5) is 0. The number of nitrogens with zero attached hydrogens (tertiary/aromatic N) is 2. The molecule has 1 N–H and O–H groups in total. The molecule has 0 radical (unpaired) electrons. The predicted molar refractivity (Wildman–Crippen MR) is 38.6 cm³/mol. The van der Waals surface area contributed by atoms with Crippen molar-refractivity contribution in [2.75, 3.05) is 0 Å². The Labute approximate surface area is 60.9 Å². The highest BCUT2D eigenvalue weighted by molar-refractivity contribution is 4.89. The Morgan fingerprint density at radius 3 is 3.20 bits per heavy atom. The fraction of sp³-hybridized carbons (Fsp3) is 1.00. The SMILES string of the molecule is C[C@@H]1CCC2N=NNC2C1. The Balaban J connectivity index is 2.01. The van der Waals surface area contributed by atoms with Gasteiger partial charge >= 0.3 is 0 Å². The summed E-state index contributed by atoms with van der Waals surface area (Å²) in [6.07, 6.45) is 3.79. The Kier molecular flexibility index (Phi) is 1.36. The molecule has 56 valence electrons. The van der Waals surface area contributed by atoms with Crippen molar-refractivity contribution in [3.63, 3.8) is 0 Å². The Morgan fingerprint density at radius 1 is 1.40 bits per heavy atom. The Morgan fingerprint density at radius 2 is 2.30 bits per heavy atom. The van der Waals surface area contributed by atoms with Crippen molar-refractivity contribution in [3.8, 4) is 0 Å². The molecule has 3 atom stereocenters. The zero-order valence-corrected chi connectivity index (χ0v) is 6.25. The summed E-state index contributed by atoms with van der Waals surface area (Å²) in [7, 11) is 0. The summed E-state index contributed by atoms with van der Waals surface area (Å²) in [5.74, 6) is 0.859. The standard InChI is InChI=1S/C7H13N3/c1-5-2-3-6-7(4-5)9-10-8-6/h5-7H,2-4H2,1H3,(H,8,9)/t5-,6?,7?/m1/s1. The van der Waals surface area contributed by atoms with Gasteiger partial charge < -0.3 is 0 Å². The first-order valence-corrected chi connectivity index (χ1v) is 4.01. The van der Waals surface area contributed by atoms with Gasteiger partial charge in [-0.2, -0.15) is 5.11 Å². The van der Waals surface area contributed by atoms with Crippen molar-refractivity contribution in [1.29, 1.82) is 0 Å². The van der Waals surface area contributed by atoms with Gasteiger partial charge in [-0.3, -0.25) is 5.43 Å². The first-order valence-electron chi connectivity index (χ1n) is 4.01. The lowest BCUT2D eigenvalue weighted by Gasteiger charge is -2.26. The molecule has 0 spiro atoms. The van der Waals surface area contributed by atoms with E-state index >= 15 is 0 Å². The second-order valence-corrected chi connectivity index (χ2v) is 3.44. The van der Waals surface area contributed by atoms with E-state index in [2.05, 4.69) is 22.7 Å². The van der Waals surface area contributed by atoms with E-state index in [0.29, 0.717) is 12.1 Å². The van der Waals surface area contributed by atoms with Gasteiger partial charge in [0.15, 0.2) is 0 Å². The van der Waals surface area contributed by atoms with Crippen LogP contribution in [0, 0.1) is 5.92 Å². The molecule has 1 aliphatic heterocycles. The maximum absolute atomic E-state index is 4.11. The van der Waals surface area contributed by atoms with Gasteiger partial charge in [-0.25, -0.2) is 0 Å². The number of nitrogens with one attached hydrogen (secondary N) is 1. The molecule has 1 fully saturated rings. The van der Waals surface area contributed by atoms with Crippen LogP contribution in [0.2, 0.25) is 0 Å². The van der Waals surface area contributed by atoms with E-state index in [1.165, 1.54) is 19.3 Å². The molecule has 2 rings (SSSR count). The molecule has 0 aromatic heterocycles. The maximum Gasteiger partial charge on any atom is 0.0947 e. The van der Waals surface area contributed by atoms with Gasteiger partial charge in [0, 0.05) is 0 Å². The van der Waals surface area contributed by atoms with Gasteiger partial charge in [0.2, 0.25) is 0 Å². The molecule has 3 heteroatoms. The van der Waals surface area contributed by atoms with E-state index in [9.17, 15) is 0 Å². The molecule has 0 bridgehead atoms. The van der Waals surface area contributed by atoms with Gasteiger partial charge in [-0.1, -0.05) is 12.1 Å². The van der Waals surface area contributed by atoms with E-state index in [0.717, 1.165) is 5.92 Å². The van der Waals surface area contributed by atoms with Crippen LogP contribution in [0.25, 0.3) is 0 Å². The average molecular weight is 139 g/mol. The van der Waals surface area contributed by atoms with Crippen molar-refractivity contribution in [3.05, 3.63) is 0 Å². The van der Waals surface area contributed by atoms with E-state index in [-0.39, 0.29) is 0 Å². The smallest absolute Gasteiger partial charge is 0.0947 e. The fourth-order valence-corrected chi connectivity index (χ4v) is 1.82. The monoisotopic (exact) mass is 139 g/mol. The predicted octanol–water partition coefficient (Wildman–Crippen LogP) is 1.51. The highest BCUT2D eigenvalue weighted by atomic mass is 15.5. The number of rotatable bonds is 0. The average Bonchev–Trinajstić information content (AvgIpc) is 2.33. The molecule has 1 saturated carbocycles. The second-order valence-electron chi connectivity index (χ2n) is 3.44. The topological polar surface area (TPSA) is 36.8 Å². The first kappa shape index (κ1) is 6.13. The molecule has 1 heterocycles. The van der Waals surface area contributed by atoms with Gasteiger partial charge in [-0.05, 0) is 25.2 Å². The lowest BCUT2D eigenvalue weighted by Crippen LogP contribution is -2.36. The summed E-state index contributed by atoms with van der Waals surface area (Å²) < 4.78 is 0. The molecule has 3 nitrogen and oxygen atoms in total. The minimum absolute atomic E-state index is 0.496. The van der Waals surface area contributed by atoms with Crippen LogP contribution in [-0.2, 0) is 0 Å². The summed E-state index contributed by atoms with van der Waals surface area (Å²) >= 11 is 0. The highest BCUT2D eigenvalue weighted by Gasteiger charge is 2.31. The van der Waals surface area contributed by atoms with Crippen molar-refractivity contribution in [2.45, 2.75) is 38.3 Å². The number of hydrogen-bond donors (Lipinski definition) is 1. The molecular weight excluding hydrogens is 126 g/mol. The van der Waals surface area contributed by atoms with Crippen LogP contribution in [0.4, 0.5) is 0 Å². The van der Waals surface area contributed by atoms with E-state index in [4.69, 9.17) is 0 Å². The van der Waals surface area contributed by atoms with Crippen LogP contribution < -0.4 is 5.43 Å². The zero-order valence-electron chi connectivity index (χ0n) is 6.25. The fourth-order valence-electron chi connectivity index (χ4n) is 1.82. The number of fused-ring (bicyclic) bond motifs is 1. The van der Waals surface area contributed by atoms with Crippen molar-refractivity contribution in [1.82, 2.24) is 5.43 Å². The minimum atomic E-state index is 0.496. The van der Waals surface area contributed by atoms with Crippen LogP contribution in [0.5, 0.6) is 0 Å². The molecule has 1 aliphatic carbocycles. The van der Waals surface area contributed by atoms with Gasteiger partial charge in [-0.15, -0.1) is 0 Å². The van der Waals surface area contributed by atoms with Crippen molar-refractivity contribution < 1.29 is 0 Å². The van der Waals surface area contributed by atoms with Crippen LogP contribution in [-0.4, -0.2) is 12.1 Å². The summed E-state index contributed by atoms with van der Waals surface area (Å²) in [6, 6.07) is 1.06. The summed E-state index contributed by atoms with van der Waals surface area (Å²) in [5.41, 5.74) is 3.05. The molecule has 0 aromatic carbocycles. The molecule has 10 heavy (non-hydrogen) atoms. The third-order valence-electron chi connectivity index (χ3n) is 2.51. The second kappa shape index (κ2) is 2.22. The Hall–Kier alpha value is -0.600. The first-order chi connectivity index (χ1) is 4.86. The molecule has 2 unspecified atom stereocenters. The molecular formula is C7H13N3. The third-order valence-corrected chi connectivity index (χ3v) is 2.51. The molecule has 0 saturated heterocycles. The zero-order chi connectivity index (χ0) is 6.97. The number of hydrogen-bond acceptors (Lipinski definition) is 3. The quantitative estimate of drug-likeness (QED) is 0.542. The molecule has 0 amide bonds. The van der Waals surface area contributed by atoms with E-state index in [1.54, 1.807) is 0 Å². The third kappa shape index (κ3) is 0.895. The van der Waals surface area contributed by atoms with Crippen LogP contribution in [0.15, 0.2) is 10.3 Å². The highest BCUT2D eigenvalue weighted by Crippen LogP contribution is 2.28. The summed E-state index contributed by atoms with van der Waals surface area (Å²) in [5, 5.41) is 7.94. The van der Waals surface area contributed by atoms with Crippen molar-refractivity contribution in [2.24, 2.45) is 16.3 Å². The van der Waals surface area contributed by atoms with Crippen LogP contribution >= 0.6 is 0 Å². The summed E-state index contributed by atoms with van der Waals surface area (Å²) in [6.45, 7) is 2.30. The van der Waals surface area contributed by atoms with Crippen molar-refractivity contribution >= 4 is 0 Å². The lowest BCUT2D eigenvalue weighted by atomic mass is 9.84. The Bertz CT molecular complexity index is 155. The van der Waals surface area contributed by atoms with Gasteiger partial charge in [0.25, 0.3) is 0 Å².